The first kappa shape index (κ1) is 14.9. The molecule has 1 aromatic heterocycles. The van der Waals surface area contributed by atoms with Gasteiger partial charge in [0, 0.05) is 27.0 Å². The van der Waals surface area contributed by atoms with E-state index >= 15 is 0 Å². The Bertz CT molecular complexity index is 568. The lowest BCUT2D eigenvalue weighted by Crippen LogP contribution is -2.12. The lowest BCUT2D eigenvalue weighted by Gasteiger charge is -2.07. The monoisotopic (exact) mass is 355 g/mol. The van der Waals surface area contributed by atoms with Crippen LogP contribution in [-0.2, 0) is 16.1 Å². The number of esters is 1. The van der Waals surface area contributed by atoms with Crippen molar-refractivity contribution in [1.29, 1.82) is 0 Å². The van der Waals surface area contributed by atoms with Crippen molar-refractivity contribution >= 4 is 38.9 Å². The molecular formula is C14H14BrNO3S. The highest BCUT2D eigenvalue weighted by molar-refractivity contribution is 9.10. The molecule has 4 nitrogen and oxygen atoms in total. The highest BCUT2D eigenvalue weighted by Crippen LogP contribution is 2.21. The van der Waals surface area contributed by atoms with Gasteiger partial charge in [0.25, 0.3) is 0 Å². The maximum absolute atomic E-state index is 11.0. The highest BCUT2D eigenvalue weighted by Gasteiger charge is 2.02. The van der Waals surface area contributed by atoms with E-state index in [0.717, 1.165) is 16.7 Å². The zero-order valence-corrected chi connectivity index (χ0v) is 13.3. The lowest BCUT2D eigenvalue weighted by molar-refractivity contribution is -0.142. The highest BCUT2D eigenvalue weighted by atomic mass is 79.9. The fourth-order valence-electron chi connectivity index (χ4n) is 1.51. The SMILES string of the molecule is COC(=O)COc1ccc(NCc2cc(Br)cs2)cc1. The predicted octanol–water partition coefficient (Wildman–Crippen LogP) is 3.67. The number of thiophene rings is 1. The minimum Gasteiger partial charge on any atom is -0.482 e. The van der Waals surface area contributed by atoms with E-state index in [4.69, 9.17) is 4.74 Å². The number of hydrogen-bond donors (Lipinski definition) is 1. The Morgan fingerprint density at radius 1 is 1.35 bits per heavy atom. The number of methoxy groups -OCH3 is 1. The average Bonchev–Trinajstić information content (AvgIpc) is 2.89. The number of carbonyl (C=O) groups is 1. The van der Waals surface area contributed by atoms with Gasteiger partial charge in [0.1, 0.15) is 5.75 Å². The van der Waals surface area contributed by atoms with Gasteiger partial charge in [-0.3, -0.25) is 0 Å². The standard InChI is InChI=1S/C14H14BrNO3S/c1-18-14(17)8-19-12-4-2-11(3-5-12)16-7-13-6-10(15)9-20-13/h2-6,9,16H,7-8H2,1H3. The quantitative estimate of drug-likeness (QED) is 0.803. The minimum absolute atomic E-state index is 0.0769. The number of hydrogen-bond acceptors (Lipinski definition) is 5. The van der Waals surface area contributed by atoms with E-state index in [0.29, 0.717) is 5.75 Å². The number of benzene rings is 1. The van der Waals surface area contributed by atoms with E-state index in [9.17, 15) is 4.79 Å². The molecule has 0 amide bonds. The molecule has 0 saturated carbocycles. The van der Waals surface area contributed by atoms with Crippen LogP contribution in [0.2, 0.25) is 0 Å². The van der Waals surface area contributed by atoms with Crippen molar-refractivity contribution in [1.82, 2.24) is 0 Å². The Hall–Kier alpha value is -1.53. The lowest BCUT2D eigenvalue weighted by atomic mass is 10.3. The van der Waals surface area contributed by atoms with Crippen molar-refractivity contribution in [2.24, 2.45) is 0 Å². The number of rotatable bonds is 6. The van der Waals surface area contributed by atoms with Crippen LogP contribution >= 0.6 is 27.3 Å². The van der Waals surface area contributed by atoms with Crippen LogP contribution < -0.4 is 10.1 Å². The van der Waals surface area contributed by atoms with Crippen molar-refractivity contribution in [3.8, 4) is 5.75 Å². The molecule has 1 aromatic carbocycles. The van der Waals surface area contributed by atoms with E-state index in [2.05, 4.69) is 37.4 Å². The molecule has 106 valence electrons. The van der Waals surface area contributed by atoms with E-state index in [1.165, 1.54) is 12.0 Å². The molecule has 1 heterocycles. The summed E-state index contributed by atoms with van der Waals surface area (Å²) in [5.41, 5.74) is 1.000. The van der Waals surface area contributed by atoms with Crippen molar-refractivity contribution in [3.05, 3.63) is 45.1 Å². The van der Waals surface area contributed by atoms with Crippen molar-refractivity contribution in [2.45, 2.75) is 6.54 Å². The number of nitrogens with one attached hydrogen (secondary N) is 1. The van der Waals surface area contributed by atoms with Gasteiger partial charge in [-0.15, -0.1) is 11.3 Å². The van der Waals surface area contributed by atoms with Crippen molar-refractivity contribution < 1.29 is 14.3 Å². The number of ether oxygens (including phenoxy) is 2. The Morgan fingerprint density at radius 3 is 2.70 bits per heavy atom. The zero-order chi connectivity index (χ0) is 14.4. The molecule has 0 aliphatic heterocycles. The average molecular weight is 356 g/mol. The van der Waals surface area contributed by atoms with Crippen LogP contribution in [0.15, 0.2) is 40.2 Å². The van der Waals surface area contributed by atoms with Crippen molar-refractivity contribution in [2.75, 3.05) is 19.0 Å². The van der Waals surface area contributed by atoms with Gasteiger partial charge in [-0.05, 0) is 46.3 Å². The molecule has 0 aliphatic carbocycles. The second kappa shape index (κ2) is 7.31. The van der Waals surface area contributed by atoms with E-state index < -0.39 is 5.97 Å². The fraction of sp³-hybridized carbons (Fsp3) is 0.214. The van der Waals surface area contributed by atoms with Gasteiger partial charge in [0.05, 0.1) is 7.11 Å². The van der Waals surface area contributed by atoms with Crippen LogP contribution in [0.4, 0.5) is 5.69 Å². The van der Waals surface area contributed by atoms with Crippen LogP contribution in [-0.4, -0.2) is 19.7 Å². The Kier molecular flexibility index (Phi) is 5.43. The van der Waals surface area contributed by atoms with Crippen LogP contribution in [0.25, 0.3) is 0 Å². The molecule has 20 heavy (non-hydrogen) atoms. The summed E-state index contributed by atoms with van der Waals surface area (Å²) >= 11 is 5.13. The summed E-state index contributed by atoms with van der Waals surface area (Å²) in [5.74, 6) is 0.246. The second-order valence-corrected chi connectivity index (χ2v) is 5.89. The number of anilines is 1. The molecule has 0 atom stereocenters. The van der Waals surface area contributed by atoms with Crippen LogP contribution in [0.1, 0.15) is 4.88 Å². The molecule has 0 spiro atoms. The summed E-state index contributed by atoms with van der Waals surface area (Å²) in [5, 5.41) is 5.38. The maximum atomic E-state index is 11.0. The summed E-state index contributed by atoms with van der Waals surface area (Å²) in [6.07, 6.45) is 0. The predicted molar refractivity (Wildman–Crippen MR) is 83.3 cm³/mol. The molecule has 0 saturated heterocycles. The van der Waals surface area contributed by atoms with Crippen molar-refractivity contribution in [3.63, 3.8) is 0 Å². The summed E-state index contributed by atoms with van der Waals surface area (Å²) in [7, 11) is 1.33. The maximum Gasteiger partial charge on any atom is 0.343 e. The first-order valence-electron chi connectivity index (χ1n) is 5.94. The Balaban J connectivity index is 1.83. The summed E-state index contributed by atoms with van der Waals surface area (Å²) < 4.78 is 10.9. The summed E-state index contributed by atoms with van der Waals surface area (Å²) in [4.78, 5) is 12.2. The molecule has 6 heteroatoms. The van der Waals surface area contributed by atoms with Gasteiger partial charge >= 0.3 is 5.97 Å². The largest absolute Gasteiger partial charge is 0.482 e. The molecule has 0 aliphatic rings. The van der Waals surface area contributed by atoms with Gasteiger partial charge in [-0.25, -0.2) is 4.79 Å². The second-order valence-electron chi connectivity index (χ2n) is 3.97. The molecule has 1 N–H and O–H groups in total. The number of halogens is 1. The normalized spacial score (nSPS) is 10.1. The van der Waals surface area contributed by atoms with Crippen LogP contribution in [0.3, 0.4) is 0 Å². The van der Waals surface area contributed by atoms with Gasteiger partial charge in [-0.2, -0.15) is 0 Å². The smallest absolute Gasteiger partial charge is 0.343 e. The van der Waals surface area contributed by atoms with Crippen LogP contribution in [0.5, 0.6) is 5.75 Å². The number of carbonyl (C=O) groups excluding carboxylic acids is 1. The minimum atomic E-state index is -0.393. The Morgan fingerprint density at radius 2 is 2.10 bits per heavy atom. The molecule has 0 radical (unpaired) electrons. The molecule has 0 fully saturated rings. The first-order valence-corrected chi connectivity index (χ1v) is 7.61. The third-order valence-corrected chi connectivity index (χ3v) is 4.22. The molecule has 2 rings (SSSR count). The Labute approximate surface area is 129 Å². The molecule has 0 bridgehead atoms. The third-order valence-electron chi connectivity index (χ3n) is 2.53. The molecule has 2 aromatic rings. The van der Waals surface area contributed by atoms with Gasteiger partial charge in [0.15, 0.2) is 6.61 Å². The van der Waals surface area contributed by atoms with Gasteiger partial charge in [-0.1, -0.05) is 0 Å². The summed E-state index contributed by atoms with van der Waals surface area (Å²) in [6.45, 7) is 0.700. The molecular weight excluding hydrogens is 342 g/mol. The van der Waals surface area contributed by atoms with Gasteiger partial charge in [0.2, 0.25) is 0 Å². The summed E-state index contributed by atoms with van der Waals surface area (Å²) in [6, 6.07) is 9.54. The van der Waals surface area contributed by atoms with E-state index in [1.807, 2.05) is 24.3 Å². The van der Waals surface area contributed by atoms with E-state index in [-0.39, 0.29) is 6.61 Å². The van der Waals surface area contributed by atoms with Crippen LogP contribution in [0, 0.1) is 0 Å². The molecule has 0 unspecified atom stereocenters. The fourth-order valence-corrected chi connectivity index (χ4v) is 2.90. The third kappa shape index (κ3) is 4.54. The van der Waals surface area contributed by atoms with Gasteiger partial charge < -0.3 is 14.8 Å². The first-order chi connectivity index (χ1) is 9.67. The topological polar surface area (TPSA) is 47.6 Å². The van der Waals surface area contributed by atoms with E-state index in [1.54, 1.807) is 11.3 Å². The zero-order valence-electron chi connectivity index (χ0n) is 10.9.